The zero-order chi connectivity index (χ0) is 26.1. The molecule has 0 aliphatic rings. The smallest absolute Gasteiger partial charge is 0.254 e. The number of carbonyl (C=O) groups is 2. The lowest BCUT2D eigenvalue weighted by atomic mass is 10.1. The van der Waals surface area contributed by atoms with Crippen LogP contribution in [0.1, 0.15) is 45.3 Å². The molecule has 0 saturated carbocycles. The van der Waals surface area contributed by atoms with Crippen LogP contribution in [-0.4, -0.2) is 55.5 Å². The SMILES string of the molecule is CCCN(CC(=O)N(CCc1ccc(OC)c(OC)c1)Cc1sccc1C)C(=O)c1ccc(C)cc1. The zero-order valence-corrected chi connectivity index (χ0v) is 22.7. The highest BCUT2D eigenvalue weighted by Gasteiger charge is 2.23. The van der Waals surface area contributed by atoms with Gasteiger partial charge in [0.1, 0.15) is 6.54 Å². The second-order valence-electron chi connectivity index (χ2n) is 8.87. The molecule has 0 N–H and O–H groups in total. The predicted molar refractivity (Wildman–Crippen MR) is 145 cm³/mol. The van der Waals surface area contributed by atoms with Crippen molar-refractivity contribution in [1.82, 2.24) is 9.80 Å². The summed E-state index contributed by atoms with van der Waals surface area (Å²) >= 11 is 1.65. The Morgan fingerprint density at radius 3 is 2.22 bits per heavy atom. The maximum absolute atomic E-state index is 13.6. The first-order chi connectivity index (χ1) is 17.4. The highest BCUT2D eigenvalue weighted by molar-refractivity contribution is 7.10. The molecular formula is C29H36N2O4S. The van der Waals surface area contributed by atoms with Crippen LogP contribution in [0, 0.1) is 13.8 Å². The monoisotopic (exact) mass is 508 g/mol. The molecule has 1 aromatic heterocycles. The molecule has 0 fully saturated rings. The van der Waals surface area contributed by atoms with Crippen LogP contribution in [0.5, 0.6) is 11.5 Å². The maximum atomic E-state index is 13.6. The van der Waals surface area contributed by atoms with E-state index in [0.717, 1.165) is 22.4 Å². The summed E-state index contributed by atoms with van der Waals surface area (Å²) in [6, 6.07) is 15.4. The maximum Gasteiger partial charge on any atom is 0.254 e. The molecule has 36 heavy (non-hydrogen) atoms. The average Bonchev–Trinajstić information content (AvgIpc) is 3.29. The Morgan fingerprint density at radius 2 is 1.61 bits per heavy atom. The first-order valence-electron chi connectivity index (χ1n) is 12.2. The second kappa shape index (κ2) is 13.1. The summed E-state index contributed by atoms with van der Waals surface area (Å²) in [5, 5.41) is 2.05. The number of amides is 2. The van der Waals surface area contributed by atoms with Crippen LogP contribution in [0.15, 0.2) is 53.9 Å². The Kier molecular flexibility index (Phi) is 9.94. The molecule has 3 aromatic rings. The number of hydrogen-bond acceptors (Lipinski definition) is 5. The van der Waals surface area contributed by atoms with Crippen LogP contribution in [0.2, 0.25) is 0 Å². The Bertz CT molecular complexity index is 1160. The Morgan fingerprint density at radius 1 is 0.889 bits per heavy atom. The molecule has 1 heterocycles. The van der Waals surface area contributed by atoms with E-state index in [9.17, 15) is 9.59 Å². The number of carbonyl (C=O) groups excluding carboxylic acids is 2. The molecule has 2 aromatic carbocycles. The summed E-state index contributed by atoms with van der Waals surface area (Å²) in [6.07, 6.45) is 1.44. The largest absolute Gasteiger partial charge is 0.493 e. The summed E-state index contributed by atoms with van der Waals surface area (Å²) in [5.41, 5.74) is 3.92. The van der Waals surface area contributed by atoms with Gasteiger partial charge in [-0.3, -0.25) is 9.59 Å². The van der Waals surface area contributed by atoms with E-state index in [2.05, 4.69) is 13.0 Å². The standard InChI is InChI=1S/C29H36N2O4S/c1-6-15-31(29(33)24-10-7-21(2)8-11-24)20-28(32)30(19-27-22(3)14-17-36-27)16-13-23-9-12-25(34-4)26(18-23)35-5/h7-12,14,17-18H,6,13,15-16,19-20H2,1-5H3. The van der Waals surface area contributed by atoms with Crippen LogP contribution in [0.25, 0.3) is 0 Å². The van der Waals surface area contributed by atoms with Gasteiger partial charge in [-0.05, 0) is 73.5 Å². The lowest BCUT2D eigenvalue weighted by molar-refractivity contribution is -0.132. The quantitative estimate of drug-likeness (QED) is 0.324. The third-order valence-corrected chi connectivity index (χ3v) is 7.19. The Balaban J connectivity index is 1.78. The zero-order valence-electron chi connectivity index (χ0n) is 21.9. The van der Waals surface area contributed by atoms with E-state index < -0.39 is 0 Å². The van der Waals surface area contributed by atoms with E-state index in [4.69, 9.17) is 9.47 Å². The van der Waals surface area contributed by atoms with Crippen LogP contribution in [0.4, 0.5) is 0 Å². The third kappa shape index (κ3) is 7.10. The van der Waals surface area contributed by atoms with E-state index in [1.807, 2.05) is 66.6 Å². The van der Waals surface area contributed by atoms with Crippen molar-refractivity contribution in [3.63, 3.8) is 0 Å². The fourth-order valence-corrected chi connectivity index (χ4v) is 4.92. The number of methoxy groups -OCH3 is 2. The van der Waals surface area contributed by atoms with Gasteiger partial charge in [-0.1, -0.05) is 30.7 Å². The molecule has 2 amide bonds. The molecule has 0 unspecified atom stereocenters. The number of rotatable bonds is 12. The van der Waals surface area contributed by atoms with Crippen molar-refractivity contribution in [2.24, 2.45) is 0 Å². The molecule has 0 spiro atoms. The van der Waals surface area contributed by atoms with E-state index >= 15 is 0 Å². The topological polar surface area (TPSA) is 59.1 Å². The first-order valence-corrected chi connectivity index (χ1v) is 13.1. The molecule has 0 aliphatic carbocycles. The summed E-state index contributed by atoms with van der Waals surface area (Å²) in [6.45, 7) is 7.71. The minimum atomic E-state index is -0.114. The Labute approximate surface area is 218 Å². The van der Waals surface area contributed by atoms with Crippen molar-refractivity contribution in [2.45, 2.75) is 40.2 Å². The number of aryl methyl sites for hydroxylation is 2. The van der Waals surface area contributed by atoms with Crippen molar-refractivity contribution in [1.29, 1.82) is 0 Å². The molecule has 0 bridgehead atoms. The molecule has 0 atom stereocenters. The molecule has 192 valence electrons. The van der Waals surface area contributed by atoms with Gasteiger partial charge in [-0.25, -0.2) is 0 Å². The molecule has 0 saturated heterocycles. The molecule has 7 heteroatoms. The van der Waals surface area contributed by atoms with Crippen molar-refractivity contribution in [3.05, 3.63) is 81.0 Å². The van der Waals surface area contributed by atoms with Crippen molar-refractivity contribution >= 4 is 23.2 Å². The number of nitrogens with zero attached hydrogens (tertiary/aromatic N) is 2. The van der Waals surface area contributed by atoms with Gasteiger partial charge in [0.25, 0.3) is 5.91 Å². The van der Waals surface area contributed by atoms with Crippen LogP contribution < -0.4 is 9.47 Å². The van der Waals surface area contributed by atoms with Crippen LogP contribution in [-0.2, 0) is 17.8 Å². The second-order valence-corrected chi connectivity index (χ2v) is 9.87. The van der Waals surface area contributed by atoms with Crippen LogP contribution >= 0.6 is 11.3 Å². The first kappa shape index (κ1) is 27.3. The van der Waals surface area contributed by atoms with Crippen LogP contribution in [0.3, 0.4) is 0 Å². The normalized spacial score (nSPS) is 10.7. The van der Waals surface area contributed by atoms with Gasteiger partial charge < -0.3 is 19.3 Å². The van der Waals surface area contributed by atoms with Crippen molar-refractivity contribution in [2.75, 3.05) is 33.9 Å². The van der Waals surface area contributed by atoms with Gasteiger partial charge in [0.2, 0.25) is 5.91 Å². The summed E-state index contributed by atoms with van der Waals surface area (Å²) in [5.74, 6) is 1.17. The van der Waals surface area contributed by atoms with Gasteiger partial charge in [0.05, 0.1) is 20.8 Å². The highest BCUT2D eigenvalue weighted by atomic mass is 32.1. The molecular weight excluding hydrogens is 472 g/mol. The van der Waals surface area contributed by atoms with E-state index in [0.29, 0.717) is 43.1 Å². The fourth-order valence-electron chi connectivity index (χ4n) is 4.00. The lowest BCUT2D eigenvalue weighted by Crippen LogP contribution is -2.43. The number of thiophene rings is 1. The van der Waals surface area contributed by atoms with E-state index in [1.54, 1.807) is 30.5 Å². The van der Waals surface area contributed by atoms with E-state index in [1.165, 1.54) is 5.56 Å². The van der Waals surface area contributed by atoms with Crippen molar-refractivity contribution in [3.8, 4) is 11.5 Å². The van der Waals surface area contributed by atoms with Gasteiger partial charge in [0, 0.05) is 23.5 Å². The molecule has 0 radical (unpaired) electrons. The van der Waals surface area contributed by atoms with Gasteiger partial charge in [-0.15, -0.1) is 11.3 Å². The minimum Gasteiger partial charge on any atom is -0.493 e. The Hall–Kier alpha value is -3.32. The minimum absolute atomic E-state index is 0.0525. The predicted octanol–water partition coefficient (Wildman–Crippen LogP) is 5.51. The average molecular weight is 509 g/mol. The third-order valence-electron chi connectivity index (χ3n) is 6.18. The number of hydrogen-bond donors (Lipinski definition) is 0. The van der Waals surface area contributed by atoms with Gasteiger partial charge in [-0.2, -0.15) is 0 Å². The van der Waals surface area contributed by atoms with Crippen molar-refractivity contribution < 1.29 is 19.1 Å². The lowest BCUT2D eigenvalue weighted by Gasteiger charge is -2.28. The summed E-state index contributed by atoms with van der Waals surface area (Å²) in [7, 11) is 3.23. The van der Waals surface area contributed by atoms with Gasteiger partial charge in [0.15, 0.2) is 11.5 Å². The highest BCUT2D eigenvalue weighted by Crippen LogP contribution is 2.28. The molecule has 0 aliphatic heterocycles. The fraction of sp³-hybridized carbons (Fsp3) is 0.379. The summed E-state index contributed by atoms with van der Waals surface area (Å²) in [4.78, 5) is 31.5. The molecule has 6 nitrogen and oxygen atoms in total. The molecule has 3 rings (SSSR count). The number of ether oxygens (including phenoxy) is 2. The van der Waals surface area contributed by atoms with Gasteiger partial charge >= 0.3 is 0 Å². The van der Waals surface area contributed by atoms with E-state index in [-0.39, 0.29) is 18.4 Å². The summed E-state index contributed by atoms with van der Waals surface area (Å²) < 4.78 is 10.8. The number of benzene rings is 2.